The Balaban J connectivity index is 3.78. The minimum Gasteiger partial charge on any atom is -0.481 e. The van der Waals surface area contributed by atoms with Gasteiger partial charge in [-0.3, -0.25) is 4.79 Å². The Bertz CT molecular complexity index is 201. The molecule has 0 spiro atoms. The Morgan fingerprint density at radius 2 is 1.67 bits per heavy atom. The fraction of sp³-hybridized carbons (Fsp3) is 0.917. The lowest BCUT2D eigenvalue weighted by molar-refractivity contribution is -0.139. The molecule has 0 atom stereocenters. The molecule has 0 saturated heterocycles. The minimum atomic E-state index is -0.762. The molecule has 0 aliphatic rings. The molecule has 15 heavy (non-hydrogen) atoms. The number of rotatable bonds is 6. The lowest BCUT2D eigenvalue weighted by atomic mass is 9.93. The van der Waals surface area contributed by atoms with Gasteiger partial charge in [0, 0.05) is 13.0 Å². The molecule has 0 aromatic rings. The molecule has 0 aromatic carbocycles. The van der Waals surface area contributed by atoms with Crippen LogP contribution in [0.1, 0.15) is 53.9 Å². The fourth-order valence-corrected chi connectivity index (χ4v) is 1.11. The Kier molecular flexibility index (Phi) is 5.29. The molecule has 1 N–H and O–H groups in total. The van der Waals surface area contributed by atoms with Gasteiger partial charge in [-0.2, -0.15) is 0 Å². The molecule has 3 heteroatoms. The van der Waals surface area contributed by atoms with Crippen LogP contribution in [0, 0.1) is 5.41 Å². The van der Waals surface area contributed by atoms with E-state index < -0.39 is 5.97 Å². The summed E-state index contributed by atoms with van der Waals surface area (Å²) < 4.78 is 5.69. The summed E-state index contributed by atoms with van der Waals surface area (Å²) in [5.74, 6) is -0.762. The van der Waals surface area contributed by atoms with Crippen molar-refractivity contribution in [3.8, 4) is 0 Å². The highest BCUT2D eigenvalue weighted by Crippen LogP contribution is 2.22. The summed E-state index contributed by atoms with van der Waals surface area (Å²) in [5.41, 5.74) is -0.0630. The fourth-order valence-electron chi connectivity index (χ4n) is 1.11. The number of ether oxygens (including phenoxy) is 1. The summed E-state index contributed by atoms with van der Waals surface area (Å²) in [5, 5.41) is 8.58. The van der Waals surface area contributed by atoms with Gasteiger partial charge in [0.05, 0.1) is 5.60 Å². The number of carbonyl (C=O) groups is 1. The van der Waals surface area contributed by atoms with E-state index >= 15 is 0 Å². The van der Waals surface area contributed by atoms with Crippen molar-refractivity contribution in [1.29, 1.82) is 0 Å². The maximum atomic E-state index is 10.4. The molecular weight excluding hydrogens is 192 g/mol. The van der Waals surface area contributed by atoms with E-state index in [1.165, 1.54) is 0 Å². The van der Waals surface area contributed by atoms with Crippen LogP contribution in [0.5, 0.6) is 0 Å². The van der Waals surface area contributed by atoms with Gasteiger partial charge in [0.25, 0.3) is 0 Å². The Hall–Kier alpha value is -0.570. The number of carboxylic acid groups (broad SMARTS) is 1. The van der Waals surface area contributed by atoms with E-state index in [0.717, 1.165) is 6.42 Å². The van der Waals surface area contributed by atoms with E-state index in [1.54, 1.807) is 0 Å². The van der Waals surface area contributed by atoms with E-state index in [4.69, 9.17) is 9.84 Å². The molecule has 0 amide bonds. The van der Waals surface area contributed by atoms with Crippen LogP contribution in [0.2, 0.25) is 0 Å². The van der Waals surface area contributed by atoms with Crippen LogP contribution in [0.4, 0.5) is 0 Å². The average Bonchev–Trinajstić information content (AvgIpc) is 1.98. The summed E-state index contributed by atoms with van der Waals surface area (Å²) >= 11 is 0. The lowest BCUT2D eigenvalue weighted by Crippen LogP contribution is -2.27. The first-order chi connectivity index (χ1) is 6.62. The van der Waals surface area contributed by atoms with E-state index in [0.29, 0.717) is 13.0 Å². The molecule has 0 heterocycles. The largest absolute Gasteiger partial charge is 0.481 e. The van der Waals surface area contributed by atoms with E-state index in [1.807, 2.05) is 13.8 Å². The second kappa shape index (κ2) is 5.50. The molecule has 0 aliphatic heterocycles. The molecule has 0 saturated carbocycles. The van der Waals surface area contributed by atoms with Crippen LogP contribution >= 0.6 is 0 Å². The Morgan fingerprint density at radius 1 is 1.13 bits per heavy atom. The molecule has 0 rings (SSSR count). The zero-order valence-electron chi connectivity index (χ0n) is 10.6. The monoisotopic (exact) mass is 216 g/mol. The average molecular weight is 216 g/mol. The smallest absolute Gasteiger partial charge is 0.303 e. The van der Waals surface area contributed by atoms with Crippen LogP contribution in [-0.4, -0.2) is 23.3 Å². The topological polar surface area (TPSA) is 46.5 Å². The first-order valence-corrected chi connectivity index (χ1v) is 5.48. The Morgan fingerprint density at radius 3 is 2.07 bits per heavy atom. The molecular formula is C12H24O3. The van der Waals surface area contributed by atoms with Crippen molar-refractivity contribution < 1.29 is 14.6 Å². The zero-order valence-corrected chi connectivity index (χ0v) is 10.6. The van der Waals surface area contributed by atoms with Gasteiger partial charge < -0.3 is 9.84 Å². The molecule has 0 bridgehead atoms. The van der Waals surface area contributed by atoms with Crippen LogP contribution in [0.25, 0.3) is 0 Å². The second-order valence-corrected chi connectivity index (χ2v) is 5.81. The van der Waals surface area contributed by atoms with Crippen molar-refractivity contribution >= 4 is 5.97 Å². The van der Waals surface area contributed by atoms with Crippen molar-refractivity contribution in [2.75, 3.05) is 6.61 Å². The van der Waals surface area contributed by atoms with Crippen LogP contribution < -0.4 is 0 Å². The minimum absolute atomic E-state index is 0.169. The SMILES string of the molecule is CC(C)(C)CCOC(C)(C)CCC(=O)O. The number of carboxylic acids is 1. The van der Waals surface area contributed by atoms with Gasteiger partial charge in [-0.25, -0.2) is 0 Å². The van der Waals surface area contributed by atoms with Gasteiger partial charge in [0.15, 0.2) is 0 Å². The molecule has 3 nitrogen and oxygen atoms in total. The predicted octanol–water partition coefficient (Wildman–Crippen LogP) is 3.08. The maximum Gasteiger partial charge on any atom is 0.303 e. The number of hydrogen-bond donors (Lipinski definition) is 1. The third kappa shape index (κ3) is 9.73. The highest BCUT2D eigenvalue weighted by molar-refractivity contribution is 5.66. The molecule has 0 unspecified atom stereocenters. The number of aliphatic carboxylic acids is 1. The van der Waals surface area contributed by atoms with Crippen LogP contribution in [0.15, 0.2) is 0 Å². The summed E-state index contributed by atoms with van der Waals surface area (Å²) in [7, 11) is 0. The van der Waals surface area contributed by atoms with Gasteiger partial charge in [0.2, 0.25) is 0 Å². The van der Waals surface area contributed by atoms with E-state index in [-0.39, 0.29) is 17.4 Å². The highest BCUT2D eigenvalue weighted by Gasteiger charge is 2.20. The molecule has 0 aliphatic carbocycles. The summed E-state index contributed by atoms with van der Waals surface area (Å²) in [6, 6.07) is 0. The zero-order chi connectivity index (χ0) is 12.1. The second-order valence-electron chi connectivity index (χ2n) is 5.81. The quantitative estimate of drug-likeness (QED) is 0.742. The summed E-state index contributed by atoms with van der Waals surface area (Å²) in [4.78, 5) is 10.4. The van der Waals surface area contributed by atoms with Crippen LogP contribution in [-0.2, 0) is 9.53 Å². The van der Waals surface area contributed by atoms with E-state index in [9.17, 15) is 4.79 Å². The Labute approximate surface area is 92.8 Å². The maximum absolute atomic E-state index is 10.4. The predicted molar refractivity (Wildman–Crippen MR) is 61.0 cm³/mol. The molecule has 0 aromatic heterocycles. The van der Waals surface area contributed by atoms with Gasteiger partial charge in [-0.1, -0.05) is 20.8 Å². The molecule has 0 radical (unpaired) electrons. The van der Waals surface area contributed by atoms with Crippen molar-refractivity contribution in [1.82, 2.24) is 0 Å². The first kappa shape index (κ1) is 14.4. The van der Waals surface area contributed by atoms with Gasteiger partial charge >= 0.3 is 5.97 Å². The van der Waals surface area contributed by atoms with Gasteiger partial charge in [-0.05, 0) is 32.1 Å². The van der Waals surface area contributed by atoms with Crippen molar-refractivity contribution in [3.05, 3.63) is 0 Å². The lowest BCUT2D eigenvalue weighted by Gasteiger charge is -2.27. The first-order valence-electron chi connectivity index (χ1n) is 5.48. The number of hydrogen-bond acceptors (Lipinski definition) is 2. The van der Waals surface area contributed by atoms with Crippen molar-refractivity contribution in [2.45, 2.75) is 59.5 Å². The van der Waals surface area contributed by atoms with Gasteiger partial charge in [-0.15, -0.1) is 0 Å². The highest BCUT2D eigenvalue weighted by atomic mass is 16.5. The summed E-state index contributed by atoms with van der Waals surface area (Å²) in [6.07, 6.45) is 1.72. The van der Waals surface area contributed by atoms with Crippen LogP contribution in [0.3, 0.4) is 0 Å². The van der Waals surface area contributed by atoms with Crippen molar-refractivity contribution in [2.24, 2.45) is 5.41 Å². The normalized spacial score (nSPS) is 12.9. The summed E-state index contributed by atoms with van der Waals surface area (Å²) in [6.45, 7) is 11.1. The van der Waals surface area contributed by atoms with Crippen molar-refractivity contribution in [3.63, 3.8) is 0 Å². The van der Waals surface area contributed by atoms with Gasteiger partial charge in [0.1, 0.15) is 0 Å². The van der Waals surface area contributed by atoms with E-state index in [2.05, 4.69) is 20.8 Å². The third-order valence-corrected chi connectivity index (χ3v) is 2.29. The third-order valence-electron chi connectivity index (χ3n) is 2.29. The molecule has 0 fully saturated rings. The standard InChI is InChI=1S/C12H24O3/c1-11(2,3)8-9-15-12(4,5)7-6-10(13)14/h6-9H2,1-5H3,(H,13,14). The molecule has 90 valence electrons.